The Bertz CT molecular complexity index is 481. The van der Waals surface area contributed by atoms with Crippen LogP contribution in [0.25, 0.3) is 10.9 Å². The summed E-state index contributed by atoms with van der Waals surface area (Å²) in [6.07, 6.45) is 0.769. The standard InChI is InChI=1S/C13H18N2O2/c1-14-7-6-12(16)13(17)10-3-2-4-11-9(10)5-8-15-11/h2-5,8,12-17H,6-7H2,1H3. The van der Waals surface area contributed by atoms with Crippen molar-refractivity contribution in [3.63, 3.8) is 0 Å². The fourth-order valence-corrected chi connectivity index (χ4v) is 2.02. The molecule has 2 atom stereocenters. The number of hydrogen-bond donors (Lipinski definition) is 4. The van der Waals surface area contributed by atoms with Crippen LogP contribution in [0.2, 0.25) is 0 Å². The highest BCUT2D eigenvalue weighted by molar-refractivity contribution is 5.83. The largest absolute Gasteiger partial charge is 0.390 e. The van der Waals surface area contributed by atoms with E-state index >= 15 is 0 Å². The van der Waals surface area contributed by atoms with Gasteiger partial charge in [-0.3, -0.25) is 0 Å². The number of nitrogens with one attached hydrogen (secondary N) is 2. The Balaban J connectivity index is 2.23. The van der Waals surface area contributed by atoms with Crippen LogP contribution >= 0.6 is 0 Å². The van der Waals surface area contributed by atoms with E-state index in [1.165, 1.54) is 0 Å². The number of aliphatic hydroxyl groups excluding tert-OH is 2. The smallest absolute Gasteiger partial charge is 0.106 e. The van der Waals surface area contributed by atoms with Crippen molar-refractivity contribution in [2.45, 2.75) is 18.6 Å². The zero-order valence-electron chi connectivity index (χ0n) is 9.85. The lowest BCUT2D eigenvalue weighted by Gasteiger charge is -2.18. The highest BCUT2D eigenvalue weighted by atomic mass is 16.3. The predicted octanol–water partition coefficient (Wildman–Crippen LogP) is 1.17. The molecule has 0 fully saturated rings. The van der Waals surface area contributed by atoms with Gasteiger partial charge in [-0.15, -0.1) is 0 Å². The molecular formula is C13H18N2O2. The maximum absolute atomic E-state index is 10.1. The van der Waals surface area contributed by atoms with Crippen LogP contribution in [-0.2, 0) is 0 Å². The number of aliphatic hydroxyl groups is 2. The predicted molar refractivity (Wildman–Crippen MR) is 67.8 cm³/mol. The average molecular weight is 234 g/mol. The summed E-state index contributed by atoms with van der Waals surface area (Å²) in [5.41, 5.74) is 1.75. The fourth-order valence-electron chi connectivity index (χ4n) is 2.02. The second-order valence-corrected chi connectivity index (χ2v) is 4.19. The molecule has 0 saturated heterocycles. The molecule has 0 aliphatic carbocycles. The number of fused-ring (bicyclic) bond motifs is 1. The Labute approximate surface area is 100 Å². The first-order chi connectivity index (χ1) is 8.24. The van der Waals surface area contributed by atoms with Gasteiger partial charge >= 0.3 is 0 Å². The maximum atomic E-state index is 10.1. The van der Waals surface area contributed by atoms with Crippen molar-refractivity contribution in [2.24, 2.45) is 0 Å². The van der Waals surface area contributed by atoms with Crippen LogP contribution in [0.15, 0.2) is 30.5 Å². The van der Waals surface area contributed by atoms with Crippen LogP contribution < -0.4 is 5.32 Å². The van der Waals surface area contributed by atoms with Gasteiger partial charge in [-0.2, -0.15) is 0 Å². The molecule has 1 aromatic heterocycles. The minimum absolute atomic E-state index is 0.526. The third-order valence-corrected chi connectivity index (χ3v) is 3.00. The molecule has 0 spiro atoms. The quantitative estimate of drug-likeness (QED) is 0.628. The first-order valence-corrected chi connectivity index (χ1v) is 5.80. The van der Waals surface area contributed by atoms with Crippen LogP contribution in [0.5, 0.6) is 0 Å². The van der Waals surface area contributed by atoms with Gasteiger partial charge in [-0.25, -0.2) is 0 Å². The Morgan fingerprint density at radius 2 is 2.12 bits per heavy atom. The minimum atomic E-state index is -0.845. The summed E-state index contributed by atoms with van der Waals surface area (Å²) >= 11 is 0. The molecule has 92 valence electrons. The first-order valence-electron chi connectivity index (χ1n) is 5.80. The molecule has 0 radical (unpaired) electrons. The fraction of sp³-hybridized carbons (Fsp3) is 0.385. The maximum Gasteiger partial charge on any atom is 0.106 e. The van der Waals surface area contributed by atoms with Gasteiger partial charge in [0.1, 0.15) is 6.10 Å². The number of aromatic amines is 1. The van der Waals surface area contributed by atoms with Gasteiger partial charge in [0.2, 0.25) is 0 Å². The number of aromatic nitrogens is 1. The second-order valence-electron chi connectivity index (χ2n) is 4.19. The van der Waals surface area contributed by atoms with Crippen LogP contribution in [0.4, 0.5) is 0 Å². The molecule has 0 saturated carbocycles. The summed E-state index contributed by atoms with van der Waals surface area (Å²) < 4.78 is 0. The molecule has 0 bridgehead atoms. The monoisotopic (exact) mass is 234 g/mol. The van der Waals surface area contributed by atoms with Crippen molar-refractivity contribution in [1.82, 2.24) is 10.3 Å². The van der Waals surface area contributed by atoms with E-state index in [9.17, 15) is 10.2 Å². The molecule has 0 amide bonds. The number of rotatable bonds is 5. The SMILES string of the molecule is CNCCC(O)C(O)c1cccc2[nH]ccc12. The van der Waals surface area contributed by atoms with Crippen LogP contribution in [-0.4, -0.2) is 34.9 Å². The molecular weight excluding hydrogens is 216 g/mol. The molecule has 2 unspecified atom stereocenters. The van der Waals surface area contributed by atoms with Gasteiger partial charge in [0.05, 0.1) is 6.10 Å². The Morgan fingerprint density at radius 3 is 2.88 bits per heavy atom. The minimum Gasteiger partial charge on any atom is -0.390 e. The average Bonchev–Trinajstić information content (AvgIpc) is 2.82. The Hall–Kier alpha value is -1.36. The zero-order chi connectivity index (χ0) is 12.3. The lowest BCUT2D eigenvalue weighted by atomic mass is 9.99. The van der Waals surface area contributed by atoms with Gasteiger partial charge in [0, 0.05) is 17.1 Å². The summed E-state index contributed by atoms with van der Waals surface area (Å²) in [4.78, 5) is 3.09. The summed E-state index contributed by atoms with van der Waals surface area (Å²) in [6, 6.07) is 7.59. The highest BCUT2D eigenvalue weighted by Crippen LogP contribution is 2.26. The van der Waals surface area contributed by atoms with Gasteiger partial charge in [0.25, 0.3) is 0 Å². The van der Waals surface area contributed by atoms with E-state index in [1.807, 2.05) is 37.5 Å². The molecule has 4 heteroatoms. The second kappa shape index (κ2) is 5.31. The van der Waals surface area contributed by atoms with Gasteiger partial charge < -0.3 is 20.5 Å². The molecule has 4 nitrogen and oxygen atoms in total. The Morgan fingerprint density at radius 1 is 1.29 bits per heavy atom. The summed E-state index contributed by atoms with van der Waals surface area (Å²) in [5, 5.41) is 24.0. The van der Waals surface area contributed by atoms with Crippen molar-refractivity contribution in [1.29, 1.82) is 0 Å². The van der Waals surface area contributed by atoms with E-state index in [1.54, 1.807) is 0 Å². The van der Waals surface area contributed by atoms with Gasteiger partial charge in [-0.05, 0) is 37.7 Å². The van der Waals surface area contributed by atoms with Crippen molar-refractivity contribution < 1.29 is 10.2 Å². The molecule has 1 heterocycles. The summed E-state index contributed by atoms with van der Waals surface area (Å²) in [7, 11) is 1.83. The molecule has 4 N–H and O–H groups in total. The van der Waals surface area contributed by atoms with Crippen LogP contribution in [0.3, 0.4) is 0 Å². The lowest BCUT2D eigenvalue weighted by Crippen LogP contribution is -2.23. The normalized spacial score (nSPS) is 15.0. The molecule has 2 rings (SSSR count). The first kappa shape index (κ1) is 12.1. The zero-order valence-corrected chi connectivity index (χ0v) is 9.85. The molecule has 17 heavy (non-hydrogen) atoms. The van der Waals surface area contributed by atoms with Crippen molar-refractivity contribution in [3.05, 3.63) is 36.0 Å². The van der Waals surface area contributed by atoms with E-state index in [0.29, 0.717) is 13.0 Å². The van der Waals surface area contributed by atoms with E-state index in [-0.39, 0.29) is 0 Å². The molecule has 1 aromatic carbocycles. The van der Waals surface area contributed by atoms with E-state index in [0.717, 1.165) is 16.5 Å². The topological polar surface area (TPSA) is 68.3 Å². The summed E-state index contributed by atoms with van der Waals surface area (Å²) in [6.45, 7) is 0.682. The number of hydrogen-bond acceptors (Lipinski definition) is 3. The summed E-state index contributed by atoms with van der Waals surface area (Å²) in [5.74, 6) is 0. The third-order valence-electron chi connectivity index (χ3n) is 3.00. The van der Waals surface area contributed by atoms with Gasteiger partial charge in [0.15, 0.2) is 0 Å². The number of H-pyrrole nitrogens is 1. The lowest BCUT2D eigenvalue weighted by molar-refractivity contribution is 0.0149. The molecule has 2 aromatic rings. The van der Waals surface area contributed by atoms with Crippen LogP contribution in [0.1, 0.15) is 18.1 Å². The van der Waals surface area contributed by atoms with Gasteiger partial charge in [-0.1, -0.05) is 12.1 Å². The number of benzene rings is 1. The van der Waals surface area contributed by atoms with E-state index in [2.05, 4.69) is 10.3 Å². The third kappa shape index (κ3) is 2.49. The molecule has 0 aliphatic heterocycles. The Kier molecular flexibility index (Phi) is 3.78. The van der Waals surface area contributed by atoms with Crippen molar-refractivity contribution in [3.8, 4) is 0 Å². The van der Waals surface area contributed by atoms with Crippen molar-refractivity contribution >= 4 is 10.9 Å². The van der Waals surface area contributed by atoms with E-state index < -0.39 is 12.2 Å². The van der Waals surface area contributed by atoms with Crippen molar-refractivity contribution in [2.75, 3.05) is 13.6 Å². The highest BCUT2D eigenvalue weighted by Gasteiger charge is 2.19. The van der Waals surface area contributed by atoms with Crippen LogP contribution in [0, 0.1) is 0 Å². The van der Waals surface area contributed by atoms with E-state index in [4.69, 9.17) is 0 Å². The molecule has 0 aliphatic rings.